The largest absolute Gasteiger partial charge is 0.373 e. The van der Waals surface area contributed by atoms with E-state index in [1.807, 2.05) is 0 Å². The van der Waals surface area contributed by atoms with E-state index in [1.165, 1.54) is 31.2 Å². The minimum absolute atomic E-state index is 0.526. The molecule has 0 spiro atoms. The molecule has 0 amide bonds. The van der Waals surface area contributed by atoms with Crippen molar-refractivity contribution < 1.29 is 4.74 Å². The summed E-state index contributed by atoms with van der Waals surface area (Å²) in [5.41, 5.74) is 1.31. The van der Waals surface area contributed by atoms with Crippen molar-refractivity contribution in [2.45, 2.75) is 45.3 Å². The van der Waals surface area contributed by atoms with E-state index in [4.69, 9.17) is 4.74 Å². The molecule has 0 heterocycles. The Hall–Kier alpha value is -0.820. The van der Waals surface area contributed by atoms with Gasteiger partial charge in [-0.05, 0) is 42.6 Å². The zero-order chi connectivity index (χ0) is 11.7. The Morgan fingerprint density at radius 2 is 1.82 bits per heavy atom. The lowest BCUT2D eigenvalue weighted by atomic mass is 9.92. The first kappa shape index (κ1) is 11.3. The lowest BCUT2D eigenvalue weighted by Gasteiger charge is -2.23. The average molecular weight is 230 g/mol. The summed E-state index contributed by atoms with van der Waals surface area (Å²) in [5, 5.41) is 0. The van der Waals surface area contributed by atoms with Gasteiger partial charge in [0.1, 0.15) is 0 Å². The van der Waals surface area contributed by atoms with Crippen LogP contribution in [-0.4, -0.2) is 6.10 Å². The van der Waals surface area contributed by atoms with Crippen molar-refractivity contribution in [2.75, 3.05) is 0 Å². The van der Waals surface area contributed by atoms with Crippen LogP contribution in [0.1, 0.15) is 38.2 Å². The summed E-state index contributed by atoms with van der Waals surface area (Å²) < 4.78 is 6.17. The van der Waals surface area contributed by atoms with Crippen molar-refractivity contribution in [3.63, 3.8) is 0 Å². The highest BCUT2D eigenvalue weighted by Crippen LogP contribution is 2.48. The number of fused-ring (bicyclic) bond motifs is 1. The van der Waals surface area contributed by atoms with E-state index in [0.717, 1.165) is 24.4 Å². The monoisotopic (exact) mass is 230 g/mol. The normalized spacial score (nSPS) is 36.1. The second-order valence-corrected chi connectivity index (χ2v) is 5.80. The third kappa shape index (κ3) is 2.26. The molecule has 1 aromatic carbocycles. The number of benzene rings is 1. The van der Waals surface area contributed by atoms with Crippen LogP contribution in [0, 0.1) is 17.8 Å². The highest BCUT2D eigenvalue weighted by molar-refractivity contribution is 5.13. The van der Waals surface area contributed by atoms with E-state index < -0.39 is 0 Å². The fourth-order valence-electron chi connectivity index (χ4n) is 3.88. The van der Waals surface area contributed by atoms with Crippen molar-refractivity contribution in [3.05, 3.63) is 35.9 Å². The Balaban J connectivity index is 1.59. The van der Waals surface area contributed by atoms with Crippen LogP contribution in [0.3, 0.4) is 0 Å². The molecular formula is C16H22O. The lowest BCUT2D eigenvalue weighted by molar-refractivity contribution is 0.00171. The Bertz CT molecular complexity index is 359. The van der Waals surface area contributed by atoms with E-state index in [2.05, 4.69) is 37.3 Å². The van der Waals surface area contributed by atoms with Gasteiger partial charge in [-0.25, -0.2) is 0 Å². The second kappa shape index (κ2) is 4.81. The van der Waals surface area contributed by atoms with Gasteiger partial charge in [0, 0.05) is 0 Å². The summed E-state index contributed by atoms with van der Waals surface area (Å²) in [4.78, 5) is 0. The third-order valence-corrected chi connectivity index (χ3v) is 4.75. The zero-order valence-corrected chi connectivity index (χ0v) is 10.6. The van der Waals surface area contributed by atoms with Crippen molar-refractivity contribution in [3.8, 4) is 0 Å². The van der Waals surface area contributed by atoms with Gasteiger partial charge in [-0.2, -0.15) is 0 Å². The molecule has 4 atom stereocenters. The van der Waals surface area contributed by atoms with Gasteiger partial charge >= 0.3 is 0 Å². The van der Waals surface area contributed by atoms with Crippen molar-refractivity contribution in [1.29, 1.82) is 0 Å². The third-order valence-electron chi connectivity index (χ3n) is 4.75. The molecule has 1 aromatic rings. The quantitative estimate of drug-likeness (QED) is 0.762. The molecule has 0 N–H and O–H groups in total. The smallest absolute Gasteiger partial charge is 0.0720 e. The van der Waals surface area contributed by atoms with Gasteiger partial charge in [-0.3, -0.25) is 0 Å². The van der Waals surface area contributed by atoms with Gasteiger partial charge in [0.05, 0.1) is 12.7 Å². The summed E-state index contributed by atoms with van der Waals surface area (Å²) in [5.74, 6) is 2.69. The maximum absolute atomic E-state index is 6.17. The second-order valence-electron chi connectivity index (χ2n) is 5.80. The number of hydrogen-bond acceptors (Lipinski definition) is 1. The predicted octanol–water partition coefficient (Wildman–Crippen LogP) is 4.03. The molecule has 2 aliphatic carbocycles. The van der Waals surface area contributed by atoms with Gasteiger partial charge in [0.25, 0.3) is 0 Å². The molecule has 0 aliphatic heterocycles. The van der Waals surface area contributed by atoms with Gasteiger partial charge in [0.15, 0.2) is 0 Å². The van der Waals surface area contributed by atoms with Crippen molar-refractivity contribution in [2.24, 2.45) is 17.8 Å². The van der Waals surface area contributed by atoms with E-state index in [1.54, 1.807) is 0 Å². The van der Waals surface area contributed by atoms with Crippen LogP contribution in [0.5, 0.6) is 0 Å². The molecule has 0 saturated heterocycles. The van der Waals surface area contributed by atoms with Crippen LogP contribution in [0.4, 0.5) is 0 Å². The van der Waals surface area contributed by atoms with Crippen molar-refractivity contribution >= 4 is 0 Å². The van der Waals surface area contributed by atoms with E-state index in [0.29, 0.717) is 6.10 Å². The molecule has 0 bridgehead atoms. The fourth-order valence-corrected chi connectivity index (χ4v) is 3.88. The highest BCUT2D eigenvalue weighted by Gasteiger charge is 2.43. The minimum Gasteiger partial charge on any atom is -0.373 e. The molecule has 92 valence electrons. The molecular weight excluding hydrogens is 208 g/mol. The Morgan fingerprint density at radius 1 is 1.06 bits per heavy atom. The fraction of sp³-hybridized carbons (Fsp3) is 0.625. The van der Waals surface area contributed by atoms with Gasteiger partial charge in [0.2, 0.25) is 0 Å². The summed E-state index contributed by atoms with van der Waals surface area (Å²) >= 11 is 0. The van der Waals surface area contributed by atoms with Gasteiger partial charge in [-0.15, -0.1) is 0 Å². The Kier molecular flexibility index (Phi) is 3.19. The predicted molar refractivity (Wildman–Crippen MR) is 69.6 cm³/mol. The molecule has 0 unspecified atom stereocenters. The molecule has 1 heteroatoms. The highest BCUT2D eigenvalue weighted by atomic mass is 16.5. The van der Waals surface area contributed by atoms with Crippen molar-refractivity contribution in [1.82, 2.24) is 0 Å². The molecule has 17 heavy (non-hydrogen) atoms. The van der Waals surface area contributed by atoms with E-state index in [-0.39, 0.29) is 0 Å². The molecule has 0 aromatic heterocycles. The molecule has 0 radical (unpaired) electrons. The molecule has 3 rings (SSSR count). The Morgan fingerprint density at radius 3 is 2.65 bits per heavy atom. The van der Waals surface area contributed by atoms with Crippen LogP contribution in [-0.2, 0) is 11.3 Å². The zero-order valence-electron chi connectivity index (χ0n) is 10.6. The van der Waals surface area contributed by atoms with Crippen LogP contribution in [0.15, 0.2) is 30.3 Å². The topological polar surface area (TPSA) is 9.23 Å². The standard InChI is InChI=1S/C16H22O/c1-12-7-8-14-9-10-15(16(12)14)17-11-13-5-3-2-4-6-13/h2-6,12,14-16H,7-11H2,1H3/t12-,14+,15-,16+/m1/s1. The minimum atomic E-state index is 0.526. The molecule has 2 fully saturated rings. The molecule has 2 aliphatic rings. The van der Waals surface area contributed by atoms with Crippen LogP contribution >= 0.6 is 0 Å². The van der Waals surface area contributed by atoms with Gasteiger partial charge < -0.3 is 4.74 Å². The number of ether oxygens (including phenoxy) is 1. The first-order valence-corrected chi connectivity index (χ1v) is 7.00. The maximum Gasteiger partial charge on any atom is 0.0720 e. The van der Waals surface area contributed by atoms with Crippen LogP contribution in [0.2, 0.25) is 0 Å². The first-order valence-electron chi connectivity index (χ1n) is 7.00. The SMILES string of the molecule is C[C@@H]1CC[C@H]2CC[C@@H](OCc3ccccc3)[C@H]21. The molecule has 1 nitrogen and oxygen atoms in total. The summed E-state index contributed by atoms with van der Waals surface area (Å²) in [7, 11) is 0. The van der Waals surface area contributed by atoms with E-state index in [9.17, 15) is 0 Å². The summed E-state index contributed by atoms with van der Waals surface area (Å²) in [6.45, 7) is 3.20. The summed E-state index contributed by atoms with van der Waals surface area (Å²) in [6.07, 6.45) is 6.07. The van der Waals surface area contributed by atoms with E-state index >= 15 is 0 Å². The van der Waals surface area contributed by atoms with Gasteiger partial charge in [-0.1, -0.05) is 43.7 Å². The number of rotatable bonds is 3. The Labute approximate surface area is 104 Å². The van der Waals surface area contributed by atoms with Crippen LogP contribution < -0.4 is 0 Å². The average Bonchev–Trinajstić information content (AvgIpc) is 2.92. The number of hydrogen-bond donors (Lipinski definition) is 0. The molecule has 2 saturated carbocycles. The maximum atomic E-state index is 6.17. The summed E-state index contributed by atoms with van der Waals surface area (Å²) in [6, 6.07) is 10.6. The first-order chi connectivity index (χ1) is 8.34. The lowest BCUT2D eigenvalue weighted by Crippen LogP contribution is -2.23. The van der Waals surface area contributed by atoms with Crippen LogP contribution in [0.25, 0.3) is 0 Å².